The Morgan fingerprint density at radius 3 is 2.27 bits per heavy atom. The molecule has 0 saturated carbocycles. The standard InChI is InChI=1S/C23H28N2O7S/c1-4-32-23(27)17-5-7-18(8-6-17)24-22(26)16-11-13-25(14-12-16)33(28,29)21-15-19(30-2)9-10-20(21)31-3/h5-10,15-16H,4,11-14H2,1-3H3,(H,24,26). The minimum absolute atomic E-state index is 0.0361. The number of hydrogen-bond donors (Lipinski definition) is 1. The Morgan fingerprint density at radius 1 is 1.03 bits per heavy atom. The van der Waals surface area contributed by atoms with Gasteiger partial charge in [0, 0.05) is 30.8 Å². The molecule has 0 atom stereocenters. The predicted molar refractivity (Wildman–Crippen MR) is 122 cm³/mol. The number of nitrogens with zero attached hydrogens (tertiary/aromatic N) is 1. The van der Waals surface area contributed by atoms with Gasteiger partial charge in [0.25, 0.3) is 0 Å². The van der Waals surface area contributed by atoms with Gasteiger partial charge in [-0.05, 0) is 56.2 Å². The number of carbonyl (C=O) groups is 2. The van der Waals surface area contributed by atoms with Crippen molar-refractivity contribution in [2.24, 2.45) is 5.92 Å². The summed E-state index contributed by atoms with van der Waals surface area (Å²) in [5.41, 5.74) is 0.963. The summed E-state index contributed by atoms with van der Waals surface area (Å²) in [6, 6.07) is 11.1. The molecule has 1 saturated heterocycles. The van der Waals surface area contributed by atoms with Gasteiger partial charge in [0.05, 0.1) is 26.4 Å². The quantitative estimate of drug-likeness (QED) is 0.583. The number of nitrogens with one attached hydrogen (secondary N) is 1. The number of esters is 1. The molecule has 2 aromatic rings. The fraction of sp³-hybridized carbons (Fsp3) is 0.391. The average molecular weight is 477 g/mol. The Hall–Kier alpha value is -3.11. The summed E-state index contributed by atoms with van der Waals surface area (Å²) in [5, 5.41) is 2.83. The normalized spacial score (nSPS) is 15.0. The van der Waals surface area contributed by atoms with Crippen molar-refractivity contribution in [2.75, 3.05) is 39.2 Å². The molecule has 178 valence electrons. The molecule has 0 bridgehead atoms. The summed E-state index contributed by atoms with van der Waals surface area (Å²) < 4.78 is 43.1. The second-order valence-corrected chi connectivity index (χ2v) is 9.39. The van der Waals surface area contributed by atoms with Gasteiger partial charge in [0.15, 0.2) is 0 Å². The zero-order valence-electron chi connectivity index (χ0n) is 18.9. The fourth-order valence-corrected chi connectivity index (χ4v) is 5.27. The largest absolute Gasteiger partial charge is 0.497 e. The van der Waals surface area contributed by atoms with Crippen LogP contribution in [0.1, 0.15) is 30.1 Å². The first-order valence-electron chi connectivity index (χ1n) is 10.6. The topological polar surface area (TPSA) is 111 Å². The molecule has 0 aliphatic carbocycles. The second-order valence-electron chi connectivity index (χ2n) is 7.48. The number of sulfonamides is 1. The van der Waals surface area contributed by atoms with Crippen LogP contribution in [0.15, 0.2) is 47.4 Å². The molecule has 1 amide bonds. The van der Waals surface area contributed by atoms with Crippen molar-refractivity contribution in [2.45, 2.75) is 24.7 Å². The maximum atomic E-state index is 13.2. The van der Waals surface area contributed by atoms with Crippen LogP contribution in [0.3, 0.4) is 0 Å². The Kier molecular flexibility index (Phi) is 7.93. The SMILES string of the molecule is CCOC(=O)c1ccc(NC(=O)C2CCN(S(=O)(=O)c3cc(OC)ccc3OC)CC2)cc1. The van der Waals surface area contributed by atoms with E-state index in [-0.39, 0.29) is 42.2 Å². The van der Waals surface area contributed by atoms with E-state index in [0.29, 0.717) is 29.8 Å². The lowest BCUT2D eigenvalue weighted by Gasteiger charge is -2.31. The van der Waals surface area contributed by atoms with Gasteiger partial charge < -0.3 is 19.5 Å². The first-order chi connectivity index (χ1) is 15.8. The number of amides is 1. The summed E-state index contributed by atoms with van der Waals surface area (Å²) >= 11 is 0. The Morgan fingerprint density at radius 2 is 1.70 bits per heavy atom. The highest BCUT2D eigenvalue weighted by Crippen LogP contribution is 2.32. The van der Waals surface area contributed by atoms with Gasteiger partial charge in [-0.2, -0.15) is 4.31 Å². The van der Waals surface area contributed by atoms with Crippen molar-refractivity contribution in [1.82, 2.24) is 4.31 Å². The van der Waals surface area contributed by atoms with Gasteiger partial charge in [-0.3, -0.25) is 4.79 Å². The smallest absolute Gasteiger partial charge is 0.338 e. The molecular weight excluding hydrogens is 448 g/mol. The van der Waals surface area contributed by atoms with E-state index >= 15 is 0 Å². The zero-order chi connectivity index (χ0) is 24.0. The molecule has 33 heavy (non-hydrogen) atoms. The number of benzene rings is 2. The molecule has 1 heterocycles. The van der Waals surface area contributed by atoms with Gasteiger partial charge in [-0.15, -0.1) is 0 Å². The Bertz CT molecular complexity index is 1090. The van der Waals surface area contributed by atoms with Crippen molar-refractivity contribution in [3.8, 4) is 11.5 Å². The van der Waals surface area contributed by atoms with Crippen LogP contribution in [0.2, 0.25) is 0 Å². The summed E-state index contributed by atoms with van der Waals surface area (Å²) in [5.74, 6) is -0.278. The molecule has 0 aromatic heterocycles. The van der Waals surface area contributed by atoms with Crippen molar-refractivity contribution >= 4 is 27.6 Å². The highest BCUT2D eigenvalue weighted by atomic mass is 32.2. The lowest BCUT2D eigenvalue weighted by Crippen LogP contribution is -2.41. The number of piperidine rings is 1. The molecule has 0 unspecified atom stereocenters. The fourth-order valence-electron chi connectivity index (χ4n) is 3.63. The molecule has 0 radical (unpaired) electrons. The molecule has 1 aliphatic heterocycles. The summed E-state index contributed by atoms with van der Waals surface area (Å²) in [6.07, 6.45) is 0.774. The molecular formula is C23H28N2O7S. The Labute approximate surface area is 193 Å². The third-order valence-electron chi connectivity index (χ3n) is 5.48. The third-order valence-corrected chi connectivity index (χ3v) is 7.40. The molecule has 1 N–H and O–H groups in total. The molecule has 0 spiro atoms. The van der Waals surface area contributed by atoms with Gasteiger partial charge in [0.2, 0.25) is 15.9 Å². The maximum Gasteiger partial charge on any atom is 0.338 e. The lowest BCUT2D eigenvalue weighted by molar-refractivity contribution is -0.120. The van der Waals surface area contributed by atoms with E-state index < -0.39 is 16.0 Å². The monoisotopic (exact) mass is 476 g/mol. The van der Waals surface area contributed by atoms with Crippen LogP contribution in [0.25, 0.3) is 0 Å². The molecule has 2 aromatic carbocycles. The van der Waals surface area contributed by atoms with E-state index in [1.54, 1.807) is 43.3 Å². The van der Waals surface area contributed by atoms with Crippen LogP contribution in [0.4, 0.5) is 5.69 Å². The summed E-state index contributed by atoms with van der Waals surface area (Å²) in [7, 11) is -0.932. The van der Waals surface area contributed by atoms with Gasteiger partial charge in [-0.1, -0.05) is 0 Å². The second kappa shape index (κ2) is 10.7. The van der Waals surface area contributed by atoms with Crippen molar-refractivity contribution in [3.05, 3.63) is 48.0 Å². The highest BCUT2D eigenvalue weighted by Gasteiger charge is 2.34. The zero-order valence-corrected chi connectivity index (χ0v) is 19.7. The van der Waals surface area contributed by atoms with E-state index in [1.165, 1.54) is 24.6 Å². The van der Waals surface area contributed by atoms with Gasteiger partial charge in [-0.25, -0.2) is 13.2 Å². The van der Waals surface area contributed by atoms with Crippen LogP contribution in [-0.2, 0) is 19.6 Å². The van der Waals surface area contributed by atoms with E-state index in [9.17, 15) is 18.0 Å². The summed E-state index contributed by atoms with van der Waals surface area (Å²) in [6.45, 7) is 2.44. The van der Waals surface area contributed by atoms with E-state index in [4.69, 9.17) is 14.2 Å². The number of carbonyl (C=O) groups excluding carboxylic acids is 2. The third kappa shape index (κ3) is 5.63. The predicted octanol–water partition coefficient (Wildman–Crippen LogP) is 2.92. The molecule has 1 aliphatic rings. The van der Waals surface area contributed by atoms with Crippen molar-refractivity contribution < 1.29 is 32.2 Å². The number of methoxy groups -OCH3 is 2. The van der Waals surface area contributed by atoms with Crippen LogP contribution >= 0.6 is 0 Å². The summed E-state index contributed by atoms with van der Waals surface area (Å²) in [4.78, 5) is 24.5. The average Bonchev–Trinajstić information content (AvgIpc) is 2.84. The lowest BCUT2D eigenvalue weighted by atomic mass is 9.97. The maximum absolute atomic E-state index is 13.2. The van der Waals surface area contributed by atoms with Crippen LogP contribution in [0, 0.1) is 5.92 Å². The number of ether oxygens (including phenoxy) is 3. The molecule has 9 nitrogen and oxygen atoms in total. The molecule has 3 rings (SSSR count). The van der Waals surface area contributed by atoms with Gasteiger partial charge >= 0.3 is 5.97 Å². The Balaban J connectivity index is 1.62. The highest BCUT2D eigenvalue weighted by molar-refractivity contribution is 7.89. The molecule has 10 heteroatoms. The van der Waals surface area contributed by atoms with Gasteiger partial charge in [0.1, 0.15) is 16.4 Å². The van der Waals surface area contributed by atoms with Crippen LogP contribution < -0.4 is 14.8 Å². The minimum Gasteiger partial charge on any atom is -0.497 e. The number of rotatable bonds is 8. The molecule has 1 fully saturated rings. The van der Waals surface area contributed by atoms with E-state index in [2.05, 4.69) is 5.32 Å². The number of hydrogen-bond acceptors (Lipinski definition) is 7. The van der Waals surface area contributed by atoms with Crippen LogP contribution in [0.5, 0.6) is 11.5 Å². The van der Waals surface area contributed by atoms with Crippen molar-refractivity contribution in [3.63, 3.8) is 0 Å². The number of anilines is 1. The van der Waals surface area contributed by atoms with Crippen molar-refractivity contribution in [1.29, 1.82) is 0 Å². The van der Waals surface area contributed by atoms with E-state index in [1.807, 2.05) is 0 Å². The van der Waals surface area contributed by atoms with Crippen LogP contribution in [-0.4, -0.2) is 58.5 Å². The minimum atomic E-state index is -3.81. The first-order valence-corrected chi connectivity index (χ1v) is 12.0. The van der Waals surface area contributed by atoms with E-state index in [0.717, 1.165) is 0 Å². The first kappa shape index (κ1) is 24.5.